The van der Waals surface area contributed by atoms with Gasteiger partial charge in [0.2, 0.25) is 10.0 Å². The van der Waals surface area contributed by atoms with Crippen LogP contribution in [0.15, 0.2) is 57.9 Å². The van der Waals surface area contributed by atoms with Crippen molar-refractivity contribution in [3.63, 3.8) is 0 Å². The predicted octanol–water partition coefficient (Wildman–Crippen LogP) is 4.42. The van der Waals surface area contributed by atoms with E-state index in [-0.39, 0.29) is 11.7 Å². The van der Waals surface area contributed by atoms with Gasteiger partial charge in [0, 0.05) is 43.5 Å². The van der Waals surface area contributed by atoms with Crippen LogP contribution in [-0.4, -0.2) is 44.1 Å². The minimum Gasteiger partial charge on any atom is -0.369 e. The van der Waals surface area contributed by atoms with Crippen LogP contribution in [0, 0.1) is 12.7 Å². The second-order valence-corrected chi connectivity index (χ2v) is 10.0. The molecule has 6 nitrogen and oxygen atoms in total. The lowest BCUT2D eigenvalue weighted by Gasteiger charge is -2.35. The first-order valence-electron chi connectivity index (χ1n) is 10.3. The van der Waals surface area contributed by atoms with Gasteiger partial charge in [-0.25, -0.2) is 12.8 Å². The molecule has 1 fully saturated rings. The first kappa shape index (κ1) is 21.5. The average molecular weight is 444 g/mol. The SMILES string of the molecule is Cc1cc(-c2ccc(C(C)C)c(S(=O)(=O)N3CCN(c4ccc(F)cc4)CC3)c2)on1. The van der Waals surface area contributed by atoms with Crippen LogP contribution in [0.25, 0.3) is 11.3 Å². The number of hydrogen-bond acceptors (Lipinski definition) is 5. The summed E-state index contributed by atoms with van der Waals surface area (Å²) in [7, 11) is -3.69. The van der Waals surface area contributed by atoms with Gasteiger partial charge in [0.05, 0.1) is 10.6 Å². The average Bonchev–Trinajstić information content (AvgIpc) is 3.20. The van der Waals surface area contributed by atoms with Crippen LogP contribution in [0.4, 0.5) is 10.1 Å². The highest BCUT2D eigenvalue weighted by Gasteiger charge is 2.31. The maximum Gasteiger partial charge on any atom is 0.243 e. The van der Waals surface area contributed by atoms with E-state index < -0.39 is 10.0 Å². The first-order valence-corrected chi connectivity index (χ1v) is 11.8. The largest absolute Gasteiger partial charge is 0.369 e. The van der Waals surface area contributed by atoms with Gasteiger partial charge in [-0.05, 0) is 48.7 Å². The highest BCUT2D eigenvalue weighted by molar-refractivity contribution is 7.89. The number of halogens is 1. The van der Waals surface area contributed by atoms with Gasteiger partial charge in [-0.15, -0.1) is 0 Å². The number of sulfonamides is 1. The Morgan fingerprint density at radius 2 is 1.68 bits per heavy atom. The molecular formula is C23H26FN3O3S. The van der Waals surface area contributed by atoms with E-state index in [1.807, 2.05) is 32.9 Å². The minimum absolute atomic E-state index is 0.0517. The zero-order valence-electron chi connectivity index (χ0n) is 17.9. The summed E-state index contributed by atoms with van der Waals surface area (Å²) >= 11 is 0. The van der Waals surface area contributed by atoms with Crippen LogP contribution < -0.4 is 4.90 Å². The molecule has 2 heterocycles. The monoisotopic (exact) mass is 443 g/mol. The zero-order chi connectivity index (χ0) is 22.2. The Hall–Kier alpha value is -2.71. The van der Waals surface area contributed by atoms with Crippen molar-refractivity contribution in [1.29, 1.82) is 0 Å². The van der Waals surface area contributed by atoms with Crippen LogP contribution in [0.1, 0.15) is 31.0 Å². The number of piperazine rings is 1. The molecule has 164 valence electrons. The lowest BCUT2D eigenvalue weighted by molar-refractivity contribution is 0.384. The molecule has 4 rings (SSSR count). The van der Waals surface area contributed by atoms with Crippen LogP contribution in [0.3, 0.4) is 0 Å². The molecule has 1 aromatic heterocycles. The van der Waals surface area contributed by atoms with Gasteiger partial charge in [0.1, 0.15) is 5.82 Å². The minimum atomic E-state index is -3.69. The van der Waals surface area contributed by atoms with Crippen molar-refractivity contribution in [1.82, 2.24) is 9.46 Å². The van der Waals surface area contributed by atoms with E-state index >= 15 is 0 Å². The van der Waals surface area contributed by atoms with Crippen LogP contribution in [0.5, 0.6) is 0 Å². The summed E-state index contributed by atoms with van der Waals surface area (Å²) in [5.41, 5.74) is 3.10. The standard InChI is InChI=1S/C23H26FN3O3S/c1-16(2)21-9-4-18(22-14-17(3)25-30-22)15-23(21)31(28,29)27-12-10-26(11-13-27)20-7-5-19(24)6-8-20/h4-9,14-16H,10-13H2,1-3H3. The third kappa shape index (κ3) is 4.36. The second kappa shape index (κ2) is 8.43. The highest BCUT2D eigenvalue weighted by Crippen LogP contribution is 2.32. The molecule has 0 radical (unpaired) electrons. The molecule has 1 aliphatic rings. The normalized spacial score (nSPS) is 15.6. The van der Waals surface area contributed by atoms with Crippen molar-refractivity contribution in [2.75, 3.05) is 31.1 Å². The van der Waals surface area contributed by atoms with Gasteiger partial charge in [-0.1, -0.05) is 31.1 Å². The zero-order valence-corrected chi connectivity index (χ0v) is 18.7. The Morgan fingerprint density at radius 3 is 2.26 bits per heavy atom. The lowest BCUT2D eigenvalue weighted by atomic mass is 10.0. The van der Waals surface area contributed by atoms with Gasteiger partial charge >= 0.3 is 0 Å². The quantitative estimate of drug-likeness (QED) is 0.584. The van der Waals surface area contributed by atoms with Crippen LogP contribution in [0.2, 0.25) is 0 Å². The van der Waals surface area contributed by atoms with E-state index in [1.54, 1.807) is 24.3 Å². The van der Waals surface area contributed by atoms with E-state index in [9.17, 15) is 12.8 Å². The molecule has 0 atom stereocenters. The molecule has 0 unspecified atom stereocenters. The number of hydrogen-bond donors (Lipinski definition) is 0. The molecule has 3 aromatic rings. The van der Waals surface area contributed by atoms with Gasteiger partial charge < -0.3 is 9.42 Å². The third-order valence-electron chi connectivity index (χ3n) is 5.60. The molecule has 0 N–H and O–H groups in total. The van der Waals surface area contributed by atoms with E-state index in [4.69, 9.17) is 4.52 Å². The number of rotatable bonds is 5. The van der Waals surface area contributed by atoms with Crippen LogP contribution >= 0.6 is 0 Å². The van der Waals surface area contributed by atoms with Gasteiger partial charge in [0.25, 0.3) is 0 Å². The molecule has 31 heavy (non-hydrogen) atoms. The molecule has 2 aromatic carbocycles. The Bertz CT molecular complexity index is 1170. The second-order valence-electron chi connectivity index (χ2n) is 8.11. The third-order valence-corrected chi connectivity index (χ3v) is 7.55. The van der Waals surface area contributed by atoms with Crippen molar-refractivity contribution < 1.29 is 17.3 Å². The molecule has 0 bridgehead atoms. The Kier molecular flexibility index (Phi) is 5.85. The fraction of sp³-hybridized carbons (Fsp3) is 0.348. The molecular weight excluding hydrogens is 417 g/mol. The van der Waals surface area contributed by atoms with Crippen molar-refractivity contribution in [3.05, 3.63) is 65.6 Å². The molecule has 0 aliphatic carbocycles. The summed E-state index contributed by atoms with van der Waals surface area (Å²) in [6.45, 7) is 7.61. The summed E-state index contributed by atoms with van der Waals surface area (Å²) in [5, 5.41) is 3.91. The van der Waals surface area contributed by atoms with Crippen molar-refractivity contribution >= 4 is 15.7 Å². The Balaban J connectivity index is 1.61. The van der Waals surface area contributed by atoms with Gasteiger partial charge in [-0.2, -0.15) is 4.31 Å². The number of aryl methyl sites for hydroxylation is 1. The summed E-state index contributed by atoms with van der Waals surface area (Å²) < 4.78 is 47.3. The van der Waals surface area contributed by atoms with E-state index in [0.29, 0.717) is 42.4 Å². The number of nitrogens with zero attached hydrogens (tertiary/aromatic N) is 3. The molecule has 1 aliphatic heterocycles. The van der Waals surface area contributed by atoms with Gasteiger partial charge in [-0.3, -0.25) is 0 Å². The molecule has 0 spiro atoms. The first-order chi connectivity index (χ1) is 14.8. The van der Waals surface area contributed by atoms with Gasteiger partial charge in [0.15, 0.2) is 5.76 Å². The fourth-order valence-electron chi connectivity index (χ4n) is 3.87. The summed E-state index contributed by atoms with van der Waals surface area (Å²) in [6, 6.07) is 13.5. The van der Waals surface area contributed by atoms with Crippen molar-refractivity contribution in [2.45, 2.75) is 31.6 Å². The molecule has 8 heteroatoms. The van der Waals surface area contributed by atoms with Crippen molar-refractivity contribution in [3.8, 4) is 11.3 Å². The number of aromatic nitrogens is 1. The fourth-order valence-corrected chi connectivity index (χ4v) is 5.66. The summed E-state index contributed by atoms with van der Waals surface area (Å²) in [4.78, 5) is 2.38. The van der Waals surface area contributed by atoms with Crippen LogP contribution in [-0.2, 0) is 10.0 Å². The molecule has 1 saturated heterocycles. The number of anilines is 1. The maximum absolute atomic E-state index is 13.6. The van der Waals surface area contributed by atoms with E-state index in [2.05, 4.69) is 10.1 Å². The van der Waals surface area contributed by atoms with Crippen molar-refractivity contribution in [2.24, 2.45) is 0 Å². The molecule has 0 amide bonds. The van der Waals surface area contributed by atoms with E-state index in [0.717, 1.165) is 16.9 Å². The summed E-state index contributed by atoms with van der Waals surface area (Å²) in [6.07, 6.45) is 0. The smallest absolute Gasteiger partial charge is 0.243 e. The number of benzene rings is 2. The maximum atomic E-state index is 13.6. The highest BCUT2D eigenvalue weighted by atomic mass is 32.2. The predicted molar refractivity (Wildman–Crippen MR) is 118 cm³/mol. The Morgan fingerprint density at radius 1 is 1.00 bits per heavy atom. The summed E-state index contributed by atoms with van der Waals surface area (Å²) in [5.74, 6) is 0.314. The lowest BCUT2D eigenvalue weighted by Crippen LogP contribution is -2.48. The molecule has 0 saturated carbocycles. The van der Waals surface area contributed by atoms with E-state index in [1.165, 1.54) is 16.4 Å². The Labute approximate surface area is 182 Å². The topological polar surface area (TPSA) is 66.7 Å².